The SMILES string of the molecule is CC(C)(C)OC(=O)CN(CCNC12CC(C1)C(=O)NC2=O)C(=O)OCc1ccccc1. The fourth-order valence-electron chi connectivity index (χ4n) is 3.72. The third-order valence-corrected chi connectivity index (χ3v) is 5.28. The Hall–Kier alpha value is -2.94. The number of nitrogens with zero attached hydrogens (tertiary/aromatic N) is 1. The predicted molar refractivity (Wildman–Crippen MR) is 111 cm³/mol. The van der Waals surface area contributed by atoms with Gasteiger partial charge in [-0.25, -0.2) is 4.79 Å². The maximum atomic E-state index is 12.6. The molecule has 9 nitrogen and oxygen atoms in total. The Kier molecular flexibility index (Phi) is 6.64. The van der Waals surface area contributed by atoms with E-state index in [1.54, 1.807) is 20.8 Å². The number of carbonyl (C=O) groups excluding carboxylic acids is 4. The maximum Gasteiger partial charge on any atom is 0.410 e. The lowest BCUT2D eigenvalue weighted by atomic mass is 9.64. The molecule has 1 saturated carbocycles. The third kappa shape index (κ3) is 5.81. The van der Waals surface area contributed by atoms with Gasteiger partial charge in [0.05, 0.1) is 5.54 Å². The smallest absolute Gasteiger partial charge is 0.410 e. The Morgan fingerprint density at radius 3 is 2.48 bits per heavy atom. The van der Waals surface area contributed by atoms with Gasteiger partial charge in [0.25, 0.3) is 0 Å². The molecule has 168 valence electrons. The van der Waals surface area contributed by atoms with Crippen LogP contribution >= 0.6 is 0 Å². The second-order valence-electron chi connectivity index (χ2n) is 8.98. The topological polar surface area (TPSA) is 114 Å². The average Bonchev–Trinajstić information content (AvgIpc) is 2.65. The summed E-state index contributed by atoms with van der Waals surface area (Å²) in [6.07, 6.45) is 0.244. The number of piperidine rings is 2. The highest BCUT2D eigenvalue weighted by atomic mass is 16.6. The number of hydrogen-bond donors (Lipinski definition) is 2. The van der Waals surface area contributed by atoms with E-state index in [-0.39, 0.29) is 44.0 Å². The number of rotatable bonds is 8. The lowest BCUT2D eigenvalue weighted by Gasteiger charge is -2.50. The molecule has 2 aliphatic heterocycles. The van der Waals surface area contributed by atoms with Gasteiger partial charge in [0.2, 0.25) is 11.8 Å². The van der Waals surface area contributed by atoms with Crippen molar-refractivity contribution in [3.05, 3.63) is 35.9 Å². The molecular weight excluding hydrogens is 402 g/mol. The molecule has 9 heteroatoms. The van der Waals surface area contributed by atoms with E-state index >= 15 is 0 Å². The highest BCUT2D eigenvalue weighted by molar-refractivity contribution is 6.07. The van der Waals surface area contributed by atoms with Gasteiger partial charge in [-0.1, -0.05) is 30.3 Å². The fraction of sp³-hybridized carbons (Fsp3) is 0.545. The molecule has 2 bridgehead atoms. The summed E-state index contributed by atoms with van der Waals surface area (Å²) >= 11 is 0. The summed E-state index contributed by atoms with van der Waals surface area (Å²) in [6.45, 7) is 5.46. The minimum atomic E-state index is -0.788. The number of benzene rings is 1. The highest BCUT2D eigenvalue weighted by Gasteiger charge is 2.57. The van der Waals surface area contributed by atoms with Crippen molar-refractivity contribution in [2.24, 2.45) is 5.92 Å². The molecule has 31 heavy (non-hydrogen) atoms. The lowest BCUT2D eigenvalue weighted by molar-refractivity contribution is -0.156. The van der Waals surface area contributed by atoms with Crippen LogP contribution in [0.25, 0.3) is 0 Å². The van der Waals surface area contributed by atoms with Gasteiger partial charge in [-0.2, -0.15) is 0 Å². The Morgan fingerprint density at radius 2 is 1.87 bits per heavy atom. The molecule has 0 aromatic heterocycles. The molecule has 4 rings (SSSR count). The fourth-order valence-corrected chi connectivity index (χ4v) is 3.72. The van der Waals surface area contributed by atoms with Crippen molar-refractivity contribution < 1.29 is 28.7 Å². The minimum absolute atomic E-state index is 0.0774. The normalized spacial score (nSPS) is 22.2. The Labute approximate surface area is 181 Å². The van der Waals surface area contributed by atoms with Crippen molar-refractivity contribution in [3.8, 4) is 0 Å². The molecule has 1 aliphatic carbocycles. The summed E-state index contributed by atoms with van der Waals surface area (Å²) in [5.41, 5.74) is -0.639. The molecule has 3 amide bonds. The standard InChI is InChI=1S/C22H29N3O6/c1-21(2,3)31-17(26)13-25(20(29)30-14-15-7-5-4-6-8-15)10-9-23-22-11-16(12-22)18(27)24-19(22)28/h4-8,16,23H,9-14H2,1-3H3,(H,24,27,28). The molecule has 1 aromatic rings. The number of nitrogens with one attached hydrogen (secondary N) is 2. The van der Waals surface area contributed by atoms with Crippen molar-refractivity contribution in [2.75, 3.05) is 19.6 Å². The van der Waals surface area contributed by atoms with E-state index in [0.29, 0.717) is 12.8 Å². The first kappa shape index (κ1) is 22.7. The van der Waals surface area contributed by atoms with Gasteiger partial charge in [-0.05, 0) is 39.2 Å². The first-order valence-electron chi connectivity index (χ1n) is 10.4. The molecule has 2 heterocycles. The second kappa shape index (κ2) is 9.05. The molecule has 0 radical (unpaired) electrons. The van der Waals surface area contributed by atoms with Crippen LogP contribution in [0, 0.1) is 5.92 Å². The van der Waals surface area contributed by atoms with E-state index in [1.165, 1.54) is 4.90 Å². The number of esters is 1. The van der Waals surface area contributed by atoms with Gasteiger partial charge in [0.15, 0.2) is 0 Å². The zero-order valence-corrected chi connectivity index (χ0v) is 18.1. The molecular formula is C22H29N3O6. The van der Waals surface area contributed by atoms with E-state index in [4.69, 9.17) is 9.47 Å². The second-order valence-corrected chi connectivity index (χ2v) is 8.98. The molecule has 3 aliphatic rings. The number of imide groups is 1. The van der Waals surface area contributed by atoms with Crippen molar-refractivity contribution in [1.29, 1.82) is 0 Å². The predicted octanol–water partition coefficient (Wildman–Crippen LogP) is 1.36. The Balaban J connectivity index is 1.57. The van der Waals surface area contributed by atoms with Crippen molar-refractivity contribution >= 4 is 23.9 Å². The van der Waals surface area contributed by atoms with Crippen LogP contribution in [0.2, 0.25) is 0 Å². The van der Waals surface area contributed by atoms with Crippen LogP contribution in [0.3, 0.4) is 0 Å². The molecule has 2 saturated heterocycles. The summed E-state index contributed by atoms with van der Waals surface area (Å²) in [6, 6.07) is 9.23. The van der Waals surface area contributed by atoms with Crippen molar-refractivity contribution in [3.63, 3.8) is 0 Å². The summed E-state index contributed by atoms with van der Waals surface area (Å²) in [5, 5.41) is 5.51. The van der Waals surface area contributed by atoms with Gasteiger partial charge < -0.3 is 14.8 Å². The number of hydrogen-bond acceptors (Lipinski definition) is 7. The first-order chi connectivity index (χ1) is 14.6. The number of ether oxygens (including phenoxy) is 2. The maximum absolute atomic E-state index is 12.6. The molecule has 0 spiro atoms. The van der Waals surface area contributed by atoms with Crippen LogP contribution in [0.5, 0.6) is 0 Å². The quantitative estimate of drug-likeness (QED) is 0.472. The van der Waals surface area contributed by atoms with Gasteiger partial charge in [-0.3, -0.25) is 24.6 Å². The molecule has 1 aromatic carbocycles. The van der Waals surface area contributed by atoms with Gasteiger partial charge in [-0.15, -0.1) is 0 Å². The Morgan fingerprint density at radius 1 is 1.19 bits per heavy atom. The van der Waals surface area contributed by atoms with Gasteiger partial charge in [0.1, 0.15) is 18.8 Å². The van der Waals surface area contributed by atoms with Crippen LogP contribution in [0.15, 0.2) is 30.3 Å². The van der Waals surface area contributed by atoms with E-state index in [9.17, 15) is 19.2 Å². The minimum Gasteiger partial charge on any atom is -0.459 e. The lowest BCUT2D eigenvalue weighted by Crippen LogP contribution is -2.72. The summed E-state index contributed by atoms with van der Waals surface area (Å²) in [4.78, 5) is 50.0. The van der Waals surface area contributed by atoms with Gasteiger partial charge >= 0.3 is 12.1 Å². The third-order valence-electron chi connectivity index (χ3n) is 5.28. The summed E-state index contributed by atoms with van der Waals surface area (Å²) in [7, 11) is 0. The van der Waals surface area contributed by atoms with E-state index in [1.807, 2.05) is 30.3 Å². The number of fused-ring (bicyclic) bond motifs is 2. The number of carbonyl (C=O) groups is 4. The molecule has 3 fully saturated rings. The Bertz CT molecular complexity index is 843. The summed E-state index contributed by atoms with van der Waals surface area (Å²) < 4.78 is 10.7. The van der Waals surface area contributed by atoms with Crippen molar-refractivity contribution in [1.82, 2.24) is 15.5 Å². The zero-order valence-electron chi connectivity index (χ0n) is 18.1. The number of amides is 3. The largest absolute Gasteiger partial charge is 0.459 e. The van der Waals surface area contributed by atoms with Crippen LogP contribution in [-0.2, 0) is 30.5 Å². The zero-order chi connectivity index (χ0) is 22.6. The average molecular weight is 431 g/mol. The summed E-state index contributed by atoms with van der Waals surface area (Å²) in [5.74, 6) is -1.28. The van der Waals surface area contributed by atoms with E-state index < -0.39 is 23.2 Å². The first-order valence-corrected chi connectivity index (χ1v) is 10.4. The van der Waals surface area contributed by atoms with E-state index in [2.05, 4.69) is 10.6 Å². The van der Waals surface area contributed by atoms with Crippen LogP contribution in [0.4, 0.5) is 4.79 Å². The van der Waals surface area contributed by atoms with Crippen LogP contribution in [0.1, 0.15) is 39.2 Å². The van der Waals surface area contributed by atoms with Crippen LogP contribution < -0.4 is 10.6 Å². The molecule has 0 atom stereocenters. The van der Waals surface area contributed by atoms with E-state index in [0.717, 1.165) is 5.56 Å². The molecule has 0 unspecified atom stereocenters. The highest BCUT2D eigenvalue weighted by Crippen LogP contribution is 2.41. The molecule has 2 N–H and O–H groups in total. The van der Waals surface area contributed by atoms with Gasteiger partial charge in [0, 0.05) is 19.0 Å². The van der Waals surface area contributed by atoms with Crippen LogP contribution in [-0.4, -0.2) is 59.6 Å². The van der Waals surface area contributed by atoms with Crippen molar-refractivity contribution in [2.45, 2.75) is 51.4 Å². The monoisotopic (exact) mass is 431 g/mol.